The number of rotatable bonds is 5. The number of nitrogens with zero attached hydrogens (tertiary/aromatic N) is 4. The molecule has 3 heterocycles. The van der Waals surface area contributed by atoms with E-state index >= 15 is 0 Å². The molecule has 5 rings (SSSR count). The molecule has 4 atom stereocenters. The lowest BCUT2D eigenvalue weighted by Gasteiger charge is -2.35. The van der Waals surface area contributed by atoms with Gasteiger partial charge in [-0.25, -0.2) is 4.68 Å². The Labute approximate surface area is 171 Å². The highest BCUT2D eigenvalue weighted by Crippen LogP contribution is 2.41. The average Bonchev–Trinajstić information content (AvgIpc) is 3.42. The number of hydrogen-bond donors (Lipinski definition) is 1. The van der Waals surface area contributed by atoms with E-state index in [-0.39, 0.29) is 12.1 Å². The van der Waals surface area contributed by atoms with Gasteiger partial charge in [0, 0.05) is 25.7 Å². The molecule has 1 aliphatic heterocycles. The zero-order chi connectivity index (χ0) is 19.8. The molecule has 2 fully saturated rings. The summed E-state index contributed by atoms with van der Waals surface area (Å²) in [7, 11) is 0. The minimum absolute atomic E-state index is 0.0130. The van der Waals surface area contributed by atoms with Crippen LogP contribution in [-0.2, 0) is 13.0 Å². The Bertz CT molecular complexity index is 951. The molecule has 1 saturated heterocycles. The van der Waals surface area contributed by atoms with Gasteiger partial charge in [0.1, 0.15) is 11.5 Å². The molecule has 0 spiro atoms. The predicted octanol–water partition coefficient (Wildman–Crippen LogP) is 3.21. The molecule has 0 radical (unpaired) electrons. The minimum Gasteiger partial charge on any atom is -0.465 e. The van der Waals surface area contributed by atoms with Crippen LogP contribution in [0.1, 0.15) is 41.7 Å². The van der Waals surface area contributed by atoms with Crippen molar-refractivity contribution in [1.29, 1.82) is 0 Å². The van der Waals surface area contributed by atoms with Crippen molar-refractivity contribution >= 4 is 0 Å². The summed E-state index contributed by atoms with van der Waals surface area (Å²) in [6, 6.07) is 14.4. The van der Waals surface area contributed by atoms with Crippen LogP contribution in [0.2, 0.25) is 0 Å². The van der Waals surface area contributed by atoms with Gasteiger partial charge in [-0.2, -0.15) is 0 Å². The summed E-state index contributed by atoms with van der Waals surface area (Å²) in [6.07, 6.45) is 4.20. The number of aryl methyl sites for hydroxylation is 1. The van der Waals surface area contributed by atoms with Gasteiger partial charge in [0.05, 0.1) is 24.4 Å². The highest BCUT2D eigenvalue weighted by Gasteiger charge is 2.42. The molecule has 3 aromatic rings. The quantitative estimate of drug-likeness (QED) is 0.722. The fourth-order valence-corrected chi connectivity index (χ4v) is 5.07. The molecular weight excluding hydrogens is 364 g/mol. The number of furan rings is 1. The van der Waals surface area contributed by atoms with E-state index < -0.39 is 0 Å². The number of hydrogen-bond acceptors (Lipinski definition) is 5. The van der Waals surface area contributed by atoms with Gasteiger partial charge in [-0.15, -0.1) is 5.10 Å². The van der Waals surface area contributed by atoms with Gasteiger partial charge >= 0.3 is 0 Å². The van der Waals surface area contributed by atoms with Gasteiger partial charge in [0.15, 0.2) is 0 Å². The Balaban J connectivity index is 1.24. The zero-order valence-corrected chi connectivity index (χ0v) is 16.8. The lowest BCUT2D eigenvalue weighted by Crippen LogP contribution is -2.36. The Morgan fingerprint density at radius 3 is 2.62 bits per heavy atom. The number of aromatic nitrogens is 3. The van der Waals surface area contributed by atoms with E-state index in [0.717, 1.165) is 56.1 Å². The lowest BCUT2D eigenvalue weighted by molar-refractivity contribution is 0.0298. The van der Waals surface area contributed by atoms with Crippen LogP contribution in [0.3, 0.4) is 0 Å². The molecule has 0 unspecified atom stereocenters. The third-order valence-electron chi connectivity index (χ3n) is 6.49. The second-order valence-corrected chi connectivity index (χ2v) is 8.68. The van der Waals surface area contributed by atoms with Crippen LogP contribution in [-0.4, -0.2) is 44.2 Å². The van der Waals surface area contributed by atoms with E-state index in [1.807, 2.05) is 42.1 Å². The molecule has 1 saturated carbocycles. The molecular formula is C23H28N4O2. The smallest absolute Gasteiger partial charge is 0.118 e. The third kappa shape index (κ3) is 4.00. The number of fused-ring (bicyclic) bond motifs is 1. The number of likely N-dealkylation sites (tertiary alicyclic amines) is 1. The van der Waals surface area contributed by atoms with Crippen molar-refractivity contribution < 1.29 is 9.52 Å². The normalized spacial score (nSPS) is 27.2. The van der Waals surface area contributed by atoms with Gasteiger partial charge in [-0.05, 0) is 49.3 Å². The SMILES string of the molecule is Cc1ccc(CN2C[C@H]3C[C@@H](n4cc(Cc5ccccc5)nn4)[C@H](O)C[C@H]3C2)o1. The third-order valence-corrected chi connectivity index (χ3v) is 6.49. The van der Waals surface area contributed by atoms with Crippen molar-refractivity contribution in [3.8, 4) is 0 Å². The van der Waals surface area contributed by atoms with E-state index in [1.165, 1.54) is 5.56 Å². The number of aliphatic hydroxyl groups is 1. The van der Waals surface area contributed by atoms with Gasteiger partial charge in [-0.3, -0.25) is 4.90 Å². The van der Waals surface area contributed by atoms with Gasteiger partial charge in [0.2, 0.25) is 0 Å². The van der Waals surface area contributed by atoms with Crippen molar-refractivity contribution in [2.45, 2.75) is 44.9 Å². The molecule has 6 heteroatoms. The standard InChI is InChI=1S/C23H28N4O2/c1-16-7-8-21(29-16)15-26-12-18-10-22(23(28)11-19(18)13-26)27-14-20(24-25-27)9-17-5-3-2-4-6-17/h2-8,14,18-19,22-23,28H,9-13,15H2,1H3/t18-,19+,22-,23-/m1/s1. The van der Waals surface area contributed by atoms with E-state index in [0.29, 0.717) is 11.8 Å². The lowest BCUT2D eigenvalue weighted by atomic mass is 9.77. The summed E-state index contributed by atoms with van der Waals surface area (Å²) < 4.78 is 7.65. The van der Waals surface area contributed by atoms with Crippen molar-refractivity contribution in [2.24, 2.45) is 11.8 Å². The van der Waals surface area contributed by atoms with Crippen molar-refractivity contribution in [3.05, 3.63) is 71.4 Å². The molecule has 0 amide bonds. The largest absolute Gasteiger partial charge is 0.465 e. The van der Waals surface area contributed by atoms with Gasteiger partial charge in [0.25, 0.3) is 0 Å². The van der Waals surface area contributed by atoms with Crippen LogP contribution in [0.25, 0.3) is 0 Å². The fourth-order valence-electron chi connectivity index (χ4n) is 5.07. The van der Waals surface area contributed by atoms with E-state index in [2.05, 4.69) is 33.4 Å². The topological polar surface area (TPSA) is 67.3 Å². The molecule has 1 aromatic carbocycles. The Morgan fingerprint density at radius 2 is 1.86 bits per heavy atom. The van der Waals surface area contributed by atoms with E-state index in [9.17, 15) is 5.11 Å². The molecule has 152 valence electrons. The first-order valence-corrected chi connectivity index (χ1v) is 10.5. The van der Waals surface area contributed by atoms with Crippen LogP contribution in [0.15, 0.2) is 53.1 Å². The first-order chi connectivity index (χ1) is 14.1. The summed E-state index contributed by atoms with van der Waals surface area (Å²) in [6.45, 7) is 4.93. The summed E-state index contributed by atoms with van der Waals surface area (Å²) in [5.74, 6) is 3.12. The first-order valence-electron chi connectivity index (χ1n) is 10.5. The van der Waals surface area contributed by atoms with Crippen LogP contribution in [0, 0.1) is 18.8 Å². The maximum absolute atomic E-state index is 10.8. The molecule has 2 aromatic heterocycles. The highest BCUT2D eigenvalue weighted by molar-refractivity contribution is 5.20. The second kappa shape index (κ2) is 7.76. The monoisotopic (exact) mass is 392 g/mol. The highest BCUT2D eigenvalue weighted by atomic mass is 16.3. The summed E-state index contributed by atoms with van der Waals surface area (Å²) >= 11 is 0. The van der Waals surface area contributed by atoms with Crippen LogP contribution < -0.4 is 0 Å². The molecule has 2 aliphatic rings. The second-order valence-electron chi connectivity index (χ2n) is 8.68. The Morgan fingerprint density at radius 1 is 1.07 bits per heavy atom. The van der Waals surface area contributed by atoms with Crippen molar-refractivity contribution in [3.63, 3.8) is 0 Å². The summed E-state index contributed by atoms with van der Waals surface area (Å²) in [4.78, 5) is 2.46. The molecule has 1 N–H and O–H groups in total. The predicted molar refractivity (Wildman–Crippen MR) is 109 cm³/mol. The average molecular weight is 393 g/mol. The maximum Gasteiger partial charge on any atom is 0.118 e. The van der Waals surface area contributed by atoms with Crippen molar-refractivity contribution in [1.82, 2.24) is 19.9 Å². The van der Waals surface area contributed by atoms with Crippen LogP contribution in [0.5, 0.6) is 0 Å². The number of aliphatic hydroxyl groups excluding tert-OH is 1. The van der Waals surface area contributed by atoms with E-state index in [1.54, 1.807) is 0 Å². The van der Waals surface area contributed by atoms with Gasteiger partial charge < -0.3 is 9.52 Å². The molecule has 6 nitrogen and oxygen atoms in total. The van der Waals surface area contributed by atoms with E-state index in [4.69, 9.17) is 4.42 Å². The number of benzene rings is 1. The Kier molecular flexibility index (Phi) is 4.97. The zero-order valence-electron chi connectivity index (χ0n) is 16.8. The maximum atomic E-state index is 10.8. The summed E-state index contributed by atoms with van der Waals surface area (Å²) in [5, 5.41) is 19.5. The van der Waals surface area contributed by atoms with Crippen LogP contribution >= 0.6 is 0 Å². The fraction of sp³-hybridized carbons (Fsp3) is 0.478. The Hall–Kier alpha value is -2.44. The molecule has 1 aliphatic carbocycles. The van der Waals surface area contributed by atoms with Gasteiger partial charge in [-0.1, -0.05) is 35.5 Å². The molecule has 0 bridgehead atoms. The van der Waals surface area contributed by atoms with Crippen molar-refractivity contribution in [2.75, 3.05) is 13.1 Å². The molecule has 29 heavy (non-hydrogen) atoms. The van der Waals surface area contributed by atoms with Crippen LogP contribution in [0.4, 0.5) is 0 Å². The first kappa shape index (κ1) is 18.6. The minimum atomic E-state index is -0.367. The summed E-state index contributed by atoms with van der Waals surface area (Å²) in [5.41, 5.74) is 2.18.